The molecule has 1 aliphatic rings. The molecule has 2 N–H and O–H groups in total. The molecule has 1 amide bonds. The van der Waals surface area contributed by atoms with Gasteiger partial charge in [0.2, 0.25) is 0 Å². The standard InChI is InChI=1S/C16H16N2O3S/c19-15(18-13(8-22)16(20)21)14-9-4-1-2-6-11(9)17-12-7-3-5-10(12)14/h1-2,4,6,13,22H,3,5,7-8H2,(H,18,19)(H,20,21)/t13-/m1/s1. The van der Waals surface area contributed by atoms with Crippen LogP contribution in [0.5, 0.6) is 0 Å². The zero-order valence-electron chi connectivity index (χ0n) is 11.9. The Kier molecular flexibility index (Phi) is 4.02. The van der Waals surface area contributed by atoms with Crippen molar-refractivity contribution in [2.45, 2.75) is 25.3 Å². The number of carboxylic acid groups (broad SMARTS) is 1. The monoisotopic (exact) mass is 316 g/mol. The summed E-state index contributed by atoms with van der Waals surface area (Å²) in [5.41, 5.74) is 3.22. The summed E-state index contributed by atoms with van der Waals surface area (Å²) in [6.07, 6.45) is 2.62. The molecule has 2 aromatic rings. The van der Waals surface area contributed by atoms with Crippen LogP contribution in [-0.4, -0.2) is 33.8 Å². The predicted molar refractivity (Wildman–Crippen MR) is 86.5 cm³/mol. The van der Waals surface area contributed by atoms with Crippen molar-refractivity contribution in [1.82, 2.24) is 10.3 Å². The van der Waals surface area contributed by atoms with Crippen molar-refractivity contribution in [2.75, 3.05) is 5.75 Å². The third-order valence-electron chi connectivity index (χ3n) is 3.93. The number of carbonyl (C=O) groups excluding carboxylic acids is 1. The van der Waals surface area contributed by atoms with Crippen molar-refractivity contribution in [3.63, 3.8) is 0 Å². The Bertz CT molecular complexity index is 760. The van der Waals surface area contributed by atoms with Gasteiger partial charge >= 0.3 is 5.97 Å². The molecule has 0 saturated carbocycles. The van der Waals surface area contributed by atoms with Gasteiger partial charge in [-0.15, -0.1) is 0 Å². The highest BCUT2D eigenvalue weighted by Crippen LogP contribution is 2.29. The number of pyridine rings is 1. The molecular weight excluding hydrogens is 300 g/mol. The fourth-order valence-corrected chi connectivity index (χ4v) is 3.13. The molecule has 3 rings (SSSR count). The quantitative estimate of drug-likeness (QED) is 0.752. The molecule has 1 heterocycles. The summed E-state index contributed by atoms with van der Waals surface area (Å²) in [5, 5.41) is 12.4. The van der Waals surface area contributed by atoms with Gasteiger partial charge in [-0.3, -0.25) is 9.78 Å². The van der Waals surface area contributed by atoms with Gasteiger partial charge in [0.1, 0.15) is 6.04 Å². The van der Waals surface area contributed by atoms with Gasteiger partial charge in [0, 0.05) is 16.8 Å². The lowest BCUT2D eigenvalue weighted by Gasteiger charge is -2.16. The topological polar surface area (TPSA) is 79.3 Å². The summed E-state index contributed by atoms with van der Waals surface area (Å²) in [7, 11) is 0. The largest absolute Gasteiger partial charge is 0.480 e. The third kappa shape index (κ3) is 2.54. The van der Waals surface area contributed by atoms with E-state index in [0.29, 0.717) is 5.56 Å². The highest BCUT2D eigenvalue weighted by molar-refractivity contribution is 7.80. The number of nitrogens with one attached hydrogen (secondary N) is 1. The first-order valence-corrected chi connectivity index (χ1v) is 7.80. The Balaban J connectivity index is 2.09. The number of carboxylic acids is 1. The Morgan fingerprint density at radius 2 is 2.09 bits per heavy atom. The maximum Gasteiger partial charge on any atom is 0.327 e. The lowest BCUT2D eigenvalue weighted by Crippen LogP contribution is -2.42. The smallest absolute Gasteiger partial charge is 0.327 e. The molecule has 1 atom stereocenters. The van der Waals surface area contributed by atoms with Gasteiger partial charge < -0.3 is 10.4 Å². The van der Waals surface area contributed by atoms with Crippen LogP contribution in [0.1, 0.15) is 28.0 Å². The van der Waals surface area contributed by atoms with E-state index >= 15 is 0 Å². The van der Waals surface area contributed by atoms with E-state index in [1.54, 1.807) is 0 Å². The van der Waals surface area contributed by atoms with Crippen molar-refractivity contribution in [3.05, 3.63) is 41.1 Å². The minimum Gasteiger partial charge on any atom is -0.480 e. The normalized spacial score (nSPS) is 14.6. The predicted octanol–water partition coefficient (Wildman–Crippen LogP) is 1.84. The van der Waals surface area contributed by atoms with Gasteiger partial charge in [0.25, 0.3) is 5.91 Å². The van der Waals surface area contributed by atoms with Gasteiger partial charge in [-0.05, 0) is 30.9 Å². The lowest BCUT2D eigenvalue weighted by atomic mass is 10.0. The molecule has 0 fully saturated rings. The zero-order chi connectivity index (χ0) is 15.7. The molecule has 1 aromatic heterocycles. The molecule has 1 aliphatic carbocycles. The number of thiol groups is 1. The van der Waals surface area contributed by atoms with Crippen molar-refractivity contribution in [2.24, 2.45) is 0 Å². The molecule has 0 unspecified atom stereocenters. The Hall–Kier alpha value is -2.08. The molecule has 1 aromatic carbocycles. The van der Waals surface area contributed by atoms with Gasteiger partial charge in [-0.1, -0.05) is 18.2 Å². The van der Waals surface area contributed by atoms with Crippen molar-refractivity contribution < 1.29 is 14.7 Å². The first kappa shape index (κ1) is 14.8. The average molecular weight is 316 g/mol. The maximum atomic E-state index is 12.7. The first-order chi connectivity index (χ1) is 10.6. The Morgan fingerprint density at radius 1 is 1.32 bits per heavy atom. The summed E-state index contributed by atoms with van der Waals surface area (Å²) in [6, 6.07) is 6.46. The number of carbonyl (C=O) groups is 2. The van der Waals surface area contributed by atoms with Gasteiger partial charge in [-0.25, -0.2) is 4.79 Å². The number of aryl methyl sites for hydroxylation is 1. The number of hydrogen-bond acceptors (Lipinski definition) is 4. The summed E-state index contributed by atoms with van der Waals surface area (Å²) in [4.78, 5) is 28.4. The van der Waals surface area contributed by atoms with E-state index in [9.17, 15) is 9.59 Å². The molecule has 22 heavy (non-hydrogen) atoms. The van der Waals surface area contributed by atoms with Crippen LogP contribution < -0.4 is 5.32 Å². The van der Waals surface area contributed by atoms with Crippen molar-refractivity contribution in [3.8, 4) is 0 Å². The summed E-state index contributed by atoms with van der Waals surface area (Å²) >= 11 is 3.99. The van der Waals surface area contributed by atoms with E-state index in [2.05, 4.69) is 22.9 Å². The average Bonchev–Trinajstić information content (AvgIpc) is 2.97. The van der Waals surface area contributed by atoms with E-state index in [1.807, 2.05) is 24.3 Å². The summed E-state index contributed by atoms with van der Waals surface area (Å²) in [6.45, 7) is 0. The van der Waals surface area contributed by atoms with Crippen LogP contribution in [0.4, 0.5) is 0 Å². The van der Waals surface area contributed by atoms with Gasteiger partial charge in [-0.2, -0.15) is 12.6 Å². The number of nitrogens with zero attached hydrogens (tertiary/aromatic N) is 1. The van der Waals surface area contributed by atoms with Crippen molar-refractivity contribution >= 4 is 35.4 Å². The second-order valence-corrected chi connectivity index (χ2v) is 5.69. The first-order valence-electron chi connectivity index (χ1n) is 7.17. The molecule has 114 valence electrons. The van der Waals surface area contributed by atoms with Crippen LogP contribution in [0.25, 0.3) is 10.9 Å². The number of aromatic nitrogens is 1. The summed E-state index contributed by atoms with van der Waals surface area (Å²) in [5.74, 6) is -1.40. The van der Waals surface area contributed by atoms with Gasteiger partial charge in [0.15, 0.2) is 0 Å². The highest BCUT2D eigenvalue weighted by Gasteiger charge is 2.26. The van der Waals surface area contributed by atoms with Crippen LogP contribution in [-0.2, 0) is 17.6 Å². The molecule has 0 radical (unpaired) electrons. The number of para-hydroxylation sites is 1. The lowest BCUT2D eigenvalue weighted by molar-refractivity contribution is -0.138. The molecule has 6 heteroatoms. The minimum atomic E-state index is -1.08. The van der Waals surface area contributed by atoms with Crippen molar-refractivity contribution in [1.29, 1.82) is 0 Å². The fourth-order valence-electron chi connectivity index (χ4n) is 2.89. The van der Waals surface area contributed by atoms with Gasteiger partial charge in [0.05, 0.1) is 11.1 Å². The van der Waals surface area contributed by atoms with E-state index in [0.717, 1.165) is 41.4 Å². The highest BCUT2D eigenvalue weighted by atomic mass is 32.1. The van der Waals surface area contributed by atoms with Crippen LogP contribution in [0.3, 0.4) is 0 Å². The number of rotatable bonds is 4. The summed E-state index contributed by atoms with van der Waals surface area (Å²) < 4.78 is 0. The molecule has 5 nitrogen and oxygen atoms in total. The maximum absolute atomic E-state index is 12.7. The number of benzene rings is 1. The molecule has 0 aliphatic heterocycles. The molecule has 0 bridgehead atoms. The van der Waals surface area contributed by atoms with E-state index in [4.69, 9.17) is 5.11 Å². The molecule has 0 saturated heterocycles. The van der Waals surface area contributed by atoms with Crippen LogP contribution in [0.2, 0.25) is 0 Å². The molecule has 0 spiro atoms. The van der Waals surface area contributed by atoms with Crippen LogP contribution >= 0.6 is 12.6 Å². The molecular formula is C16H16N2O3S. The third-order valence-corrected chi connectivity index (χ3v) is 4.30. The number of aliphatic carboxylic acids is 1. The Labute approximate surface area is 133 Å². The number of amides is 1. The SMILES string of the molecule is O=C(N[C@H](CS)C(=O)O)c1c2c(nc3ccccc13)CCC2. The number of hydrogen-bond donors (Lipinski definition) is 3. The second kappa shape index (κ2) is 5.96. The minimum absolute atomic E-state index is 0.0479. The fraction of sp³-hybridized carbons (Fsp3) is 0.312. The Morgan fingerprint density at radius 3 is 2.82 bits per heavy atom. The number of fused-ring (bicyclic) bond motifs is 2. The van der Waals surface area contributed by atoms with E-state index in [1.165, 1.54) is 0 Å². The second-order valence-electron chi connectivity index (χ2n) is 5.33. The zero-order valence-corrected chi connectivity index (χ0v) is 12.8. The van der Waals surface area contributed by atoms with Crippen LogP contribution in [0, 0.1) is 0 Å². The van der Waals surface area contributed by atoms with Crippen LogP contribution in [0.15, 0.2) is 24.3 Å². The van der Waals surface area contributed by atoms with E-state index in [-0.39, 0.29) is 11.7 Å². The van der Waals surface area contributed by atoms with E-state index < -0.39 is 12.0 Å².